The van der Waals surface area contributed by atoms with Crippen molar-refractivity contribution in [3.8, 4) is 0 Å². The number of carbonyl (C=O) groups is 1. The predicted octanol–water partition coefficient (Wildman–Crippen LogP) is 5.53. The molecule has 1 atom stereocenters. The quantitative estimate of drug-likeness (QED) is 0.121. The van der Waals surface area contributed by atoms with Gasteiger partial charge in [-0.15, -0.1) is 0 Å². The van der Waals surface area contributed by atoms with E-state index in [2.05, 4.69) is 16.0 Å². The average molecular weight is 538 g/mol. The molecular formula is C23H19Cl3N4O3S. The molecule has 0 saturated carbocycles. The van der Waals surface area contributed by atoms with E-state index in [9.17, 15) is 14.9 Å². The van der Waals surface area contributed by atoms with Crippen LogP contribution < -0.4 is 16.0 Å². The SMILES string of the molecule is O=C(N[C@H](NC(=S)Nc1cccc([N+](=O)[O-])c1)C(Cl)(Cl)Cl)C(c1ccccc1)c1ccccc1. The van der Waals surface area contributed by atoms with Crippen LogP contribution in [0, 0.1) is 10.1 Å². The smallest absolute Gasteiger partial charge is 0.271 e. The number of halogens is 3. The van der Waals surface area contributed by atoms with Crippen molar-refractivity contribution in [2.45, 2.75) is 15.9 Å². The summed E-state index contributed by atoms with van der Waals surface area (Å²) in [5.41, 5.74) is 1.75. The van der Waals surface area contributed by atoms with Crippen LogP contribution in [-0.2, 0) is 4.79 Å². The fraction of sp³-hybridized carbons (Fsp3) is 0.130. The Balaban J connectivity index is 1.79. The van der Waals surface area contributed by atoms with Gasteiger partial charge in [0.15, 0.2) is 5.11 Å². The summed E-state index contributed by atoms with van der Waals surface area (Å²) in [6.45, 7) is 0. The molecule has 0 aliphatic carbocycles. The number of nitrogens with one attached hydrogen (secondary N) is 3. The molecule has 3 aromatic carbocycles. The van der Waals surface area contributed by atoms with Crippen LogP contribution >= 0.6 is 47.0 Å². The highest BCUT2D eigenvalue weighted by molar-refractivity contribution is 7.80. The number of hydrogen-bond acceptors (Lipinski definition) is 4. The van der Waals surface area contributed by atoms with Gasteiger partial charge in [0.1, 0.15) is 6.17 Å². The molecule has 11 heteroatoms. The Morgan fingerprint density at radius 2 is 1.44 bits per heavy atom. The first-order valence-corrected chi connectivity index (χ1v) is 11.5. The third kappa shape index (κ3) is 7.04. The average Bonchev–Trinajstić information content (AvgIpc) is 2.80. The number of nitrogens with zero attached hydrogens (tertiary/aromatic N) is 1. The van der Waals surface area contributed by atoms with Gasteiger partial charge in [-0.2, -0.15) is 0 Å². The molecule has 0 heterocycles. The highest BCUT2D eigenvalue weighted by Crippen LogP contribution is 2.31. The number of anilines is 1. The standard InChI is InChI=1S/C23H19Cl3N4O3S/c24-23(25,26)21(29-22(34)27-17-12-7-13-18(14-17)30(32)33)28-20(31)19(15-8-3-1-4-9-15)16-10-5-2-6-11-16/h1-14,19,21H,(H,28,31)(H2,27,29,34)/t21-/m1/s1. The zero-order valence-corrected chi connectivity index (χ0v) is 20.5. The molecule has 0 fully saturated rings. The predicted molar refractivity (Wildman–Crippen MR) is 139 cm³/mol. The first kappa shape index (κ1) is 25.7. The van der Waals surface area contributed by atoms with Gasteiger partial charge in [0, 0.05) is 17.8 Å². The molecule has 7 nitrogen and oxygen atoms in total. The summed E-state index contributed by atoms with van der Waals surface area (Å²) >= 11 is 23.7. The van der Waals surface area contributed by atoms with Crippen molar-refractivity contribution in [3.05, 3.63) is 106 Å². The summed E-state index contributed by atoms with van der Waals surface area (Å²) in [5, 5.41) is 19.3. The van der Waals surface area contributed by atoms with E-state index in [-0.39, 0.29) is 10.8 Å². The minimum absolute atomic E-state index is 0.00639. The van der Waals surface area contributed by atoms with Gasteiger partial charge in [0.2, 0.25) is 9.70 Å². The molecule has 1 amide bonds. The topological polar surface area (TPSA) is 96.3 Å². The molecule has 3 rings (SSSR count). The molecule has 0 saturated heterocycles. The third-order valence-corrected chi connectivity index (χ3v) is 5.61. The second-order valence-electron chi connectivity index (χ2n) is 7.14. The van der Waals surface area contributed by atoms with Gasteiger partial charge in [-0.05, 0) is 29.4 Å². The van der Waals surface area contributed by atoms with Crippen LogP contribution in [0.3, 0.4) is 0 Å². The fourth-order valence-electron chi connectivity index (χ4n) is 3.21. The maximum absolute atomic E-state index is 13.4. The summed E-state index contributed by atoms with van der Waals surface area (Å²) in [5.74, 6) is -1.09. The van der Waals surface area contributed by atoms with Crippen molar-refractivity contribution in [3.63, 3.8) is 0 Å². The van der Waals surface area contributed by atoms with E-state index in [4.69, 9.17) is 47.0 Å². The lowest BCUT2D eigenvalue weighted by Gasteiger charge is -2.29. The van der Waals surface area contributed by atoms with Gasteiger partial charge in [0.05, 0.1) is 10.8 Å². The molecule has 0 unspecified atom stereocenters. The number of thiocarbonyl (C=S) groups is 1. The van der Waals surface area contributed by atoms with Gasteiger partial charge < -0.3 is 16.0 Å². The number of rotatable bonds is 7. The van der Waals surface area contributed by atoms with Crippen molar-refractivity contribution >= 4 is 69.4 Å². The van der Waals surface area contributed by atoms with Crippen LogP contribution in [0.1, 0.15) is 17.0 Å². The molecule has 0 aromatic heterocycles. The summed E-state index contributed by atoms with van der Waals surface area (Å²) in [6, 6.07) is 24.1. The molecule has 0 radical (unpaired) electrons. The highest BCUT2D eigenvalue weighted by atomic mass is 35.6. The van der Waals surface area contributed by atoms with E-state index in [1.807, 2.05) is 60.7 Å². The monoisotopic (exact) mass is 536 g/mol. The van der Waals surface area contributed by atoms with Crippen LogP contribution in [0.2, 0.25) is 0 Å². The molecule has 0 aliphatic rings. The molecular weight excluding hydrogens is 519 g/mol. The molecule has 0 aliphatic heterocycles. The summed E-state index contributed by atoms with van der Waals surface area (Å²) < 4.78 is -1.97. The summed E-state index contributed by atoms with van der Waals surface area (Å²) in [4.78, 5) is 23.9. The van der Waals surface area contributed by atoms with Gasteiger partial charge in [-0.1, -0.05) is 102 Å². The number of hydrogen-bond donors (Lipinski definition) is 3. The van der Waals surface area contributed by atoms with Gasteiger partial charge in [-0.25, -0.2) is 0 Å². The van der Waals surface area contributed by atoms with Crippen molar-refractivity contribution in [2.75, 3.05) is 5.32 Å². The number of amides is 1. The largest absolute Gasteiger partial charge is 0.339 e. The number of non-ortho nitro benzene ring substituents is 1. The van der Waals surface area contributed by atoms with E-state index in [1.165, 1.54) is 18.2 Å². The Labute approximate surface area is 216 Å². The molecule has 34 heavy (non-hydrogen) atoms. The van der Waals surface area contributed by atoms with Crippen LogP contribution in [0.25, 0.3) is 0 Å². The Morgan fingerprint density at radius 1 is 0.882 bits per heavy atom. The van der Waals surface area contributed by atoms with E-state index in [0.717, 1.165) is 11.1 Å². The van der Waals surface area contributed by atoms with Crippen LogP contribution in [0.4, 0.5) is 11.4 Å². The van der Waals surface area contributed by atoms with E-state index >= 15 is 0 Å². The van der Waals surface area contributed by atoms with E-state index < -0.39 is 26.7 Å². The van der Waals surface area contributed by atoms with Crippen molar-refractivity contribution in [2.24, 2.45) is 0 Å². The first-order chi connectivity index (χ1) is 16.1. The number of carbonyl (C=O) groups excluding carboxylic acids is 1. The second-order valence-corrected chi connectivity index (χ2v) is 9.92. The summed E-state index contributed by atoms with van der Waals surface area (Å²) in [7, 11) is 0. The Bertz CT molecular complexity index is 1120. The van der Waals surface area contributed by atoms with Crippen molar-refractivity contribution in [1.29, 1.82) is 0 Å². The molecule has 3 aromatic rings. The highest BCUT2D eigenvalue weighted by Gasteiger charge is 2.36. The van der Waals surface area contributed by atoms with Crippen LogP contribution in [0.5, 0.6) is 0 Å². The zero-order valence-electron chi connectivity index (χ0n) is 17.5. The molecule has 3 N–H and O–H groups in total. The van der Waals surface area contributed by atoms with Crippen molar-refractivity contribution in [1.82, 2.24) is 10.6 Å². The van der Waals surface area contributed by atoms with Gasteiger partial charge in [-0.3, -0.25) is 14.9 Å². The second kappa shape index (κ2) is 11.5. The first-order valence-electron chi connectivity index (χ1n) is 9.94. The number of nitro groups is 1. The zero-order chi connectivity index (χ0) is 24.7. The number of benzene rings is 3. The number of nitro benzene ring substituents is 1. The molecule has 176 valence electrons. The maximum Gasteiger partial charge on any atom is 0.271 e. The minimum Gasteiger partial charge on any atom is -0.339 e. The lowest BCUT2D eigenvalue weighted by molar-refractivity contribution is -0.384. The lowest BCUT2D eigenvalue weighted by Crippen LogP contribution is -2.57. The molecule has 0 bridgehead atoms. The van der Waals surface area contributed by atoms with Crippen LogP contribution in [-0.4, -0.2) is 25.9 Å². The Kier molecular flexibility index (Phi) is 8.68. The third-order valence-electron chi connectivity index (χ3n) is 4.73. The van der Waals surface area contributed by atoms with Gasteiger partial charge in [0.25, 0.3) is 5.69 Å². The maximum atomic E-state index is 13.4. The van der Waals surface area contributed by atoms with Crippen LogP contribution in [0.15, 0.2) is 84.9 Å². The Hall–Kier alpha value is -2.91. The van der Waals surface area contributed by atoms with Gasteiger partial charge >= 0.3 is 0 Å². The van der Waals surface area contributed by atoms with Crippen molar-refractivity contribution < 1.29 is 9.72 Å². The normalized spacial score (nSPS) is 12.0. The minimum atomic E-state index is -1.97. The lowest BCUT2D eigenvalue weighted by atomic mass is 9.90. The molecule has 0 spiro atoms. The number of alkyl halides is 3. The summed E-state index contributed by atoms with van der Waals surface area (Å²) in [6.07, 6.45) is -1.21. The fourth-order valence-corrected chi connectivity index (χ4v) is 3.77. The van der Waals surface area contributed by atoms with E-state index in [0.29, 0.717) is 5.69 Å². The Morgan fingerprint density at radius 3 is 1.94 bits per heavy atom. The van der Waals surface area contributed by atoms with E-state index in [1.54, 1.807) is 6.07 Å².